The van der Waals surface area contributed by atoms with Gasteiger partial charge in [0.05, 0.1) is 5.54 Å². The molecule has 0 aromatic carbocycles. The molecule has 3 heteroatoms. The second-order valence-corrected chi connectivity index (χ2v) is 4.50. The van der Waals surface area contributed by atoms with Crippen molar-refractivity contribution < 1.29 is 4.79 Å². The third kappa shape index (κ3) is 3.59. The lowest BCUT2D eigenvalue weighted by atomic mass is 10.0. The summed E-state index contributed by atoms with van der Waals surface area (Å²) in [5.41, 5.74) is -0.559. The predicted molar refractivity (Wildman–Crippen MR) is 60.2 cm³/mol. The van der Waals surface area contributed by atoms with Crippen LogP contribution < -0.4 is 0 Å². The van der Waals surface area contributed by atoms with Gasteiger partial charge in [-0.15, -0.1) is 18.0 Å². The molecule has 0 aromatic rings. The molecule has 1 amide bonds. The van der Waals surface area contributed by atoms with E-state index in [0.29, 0.717) is 12.5 Å². The van der Waals surface area contributed by atoms with E-state index in [-0.39, 0.29) is 11.8 Å². The molecule has 0 atom stereocenters. The van der Waals surface area contributed by atoms with Crippen molar-refractivity contribution in [2.75, 3.05) is 12.4 Å². The van der Waals surface area contributed by atoms with Gasteiger partial charge in [-0.05, 0) is 19.8 Å². The molecule has 0 rings (SSSR count). The van der Waals surface area contributed by atoms with E-state index in [1.54, 1.807) is 4.90 Å². The minimum absolute atomic E-state index is 0.0160. The number of hydrogen-bond acceptors (Lipinski definition) is 1. The average Bonchev–Trinajstić information content (AvgIpc) is 2.12. The van der Waals surface area contributed by atoms with Gasteiger partial charge in [0.15, 0.2) is 0 Å². The van der Waals surface area contributed by atoms with Crippen LogP contribution in [0.3, 0.4) is 0 Å². The first kappa shape index (κ1) is 13.3. The smallest absolute Gasteiger partial charge is 0.238 e. The van der Waals surface area contributed by atoms with E-state index < -0.39 is 5.54 Å². The molecule has 0 saturated carbocycles. The van der Waals surface area contributed by atoms with Gasteiger partial charge in [0.1, 0.15) is 5.88 Å². The van der Waals surface area contributed by atoms with Crippen LogP contribution in [0.25, 0.3) is 0 Å². The Kier molecular flexibility index (Phi) is 5.01. The van der Waals surface area contributed by atoms with Gasteiger partial charge in [-0.1, -0.05) is 19.8 Å². The Morgan fingerprint density at radius 2 is 2.07 bits per heavy atom. The van der Waals surface area contributed by atoms with E-state index in [9.17, 15) is 4.79 Å². The van der Waals surface area contributed by atoms with Gasteiger partial charge in [0.2, 0.25) is 5.91 Å². The monoisotopic (exact) mass is 215 g/mol. The van der Waals surface area contributed by atoms with Gasteiger partial charge < -0.3 is 4.90 Å². The normalized spacial score (nSPS) is 11.2. The van der Waals surface area contributed by atoms with E-state index in [1.165, 1.54) is 0 Å². The summed E-state index contributed by atoms with van der Waals surface area (Å²) in [5.74, 6) is 2.87. The fraction of sp³-hybridized carbons (Fsp3) is 0.727. The van der Waals surface area contributed by atoms with E-state index in [2.05, 4.69) is 5.92 Å². The maximum absolute atomic E-state index is 11.6. The van der Waals surface area contributed by atoms with Crippen LogP contribution in [0.1, 0.15) is 27.7 Å². The standard InChI is InChI=1S/C11H18ClNO/c1-6-11(4,5)13(8-9(2)3)10(14)7-12/h1,9H,7-8H2,2-5H3. The van der Waals surface area contributed by atoms with Crippen LogP contribution in [0.4, 0.5) is 0 Å². The van der Waals surface area contributed by atoms with E-state index in [4.69, 9.17) is 18.0 Å². The lowest BCUT2D eigenvalue weighted by molar-refractivity contribution is -0.132. The summed E-state index contributed by atoms with van der Waals surface area (Å²) in [6, 6.07) is 0. The molecule has 0 aliphatic heterocycles. The molecule has 0 bridgehead atoms. The Hall–Kier alpha value is -0.680. The second-order valence-electron chi connectivity index (χ2n) is 4.24. The van der Waals surface area contributed by atoms with Gasteiger partial charge in [0, 0.05) is 6.54 Å². The van der Waals surface area contributed by atoms with Crippen molar-refractivity contribution in [2.45, 2.75) is 33.2 Å². The Morgan fingerprint density at radius 3 is 2.36 bits per heavy atom. The first-order valence-corrected chi connectivity index (χ1v) is 5.22. The molecule has 14 heavy (non-hydrogen) atoms. The van der Waals surface area contributed by atoms with Crippen LogP contribution in [0.15, 0.2) is 0 Å². The number of amides is 1. The summed E-state index contributed by atoms with van der Waals surface area (Å²) in [4.78, 5) is 13.2. The zero-order valence-corrected chi connectivity index (χ0v) is 10.1. The molecule has 80 valence electrons. The number of hydrogen-bond donors (Lipinski definition) is 0. The minimum Gasteiger partial charge on any atom is -0.325 e. The lowest BCUT2D eigenvalue weighted by Crippen LogP contribution is -2.49. The highest BCUT2D eigenvalue weighted by molar-refractivity contribution is 6.27. The Labute approximate surface area is 91.6 Å². The molecule has 0 fully saturated rings. The lowest BCUT2D eigenvalue weighted by Gasteiger charge is -2.35. The molecule has 0 saturated heterocycles. The van der Waals surface area contributed by atoms with Crippen molar-refractivity contribution in [3.8, 4) is 12.3 Å². The van der Waals surface area contributed by atoms with Crippen LogP contribution in [0.5, 0.6) is 0 Å². The fourth-order valence-corrected chi connectivity index (χ4v) is 1.30. The molecule has 0 radical (unpaired) electrons. The van der Waals surface area contributed by atoms with Gasteiger partial charge in [-0.25, -0.2) is 0 Å². The van der Waals surface area contributed by atoms with Gasteiger partial charge in [-0.2, -0.15) is 0 Å². The molecule has 0 unspecified atom stereocenters. The fourth-order valence-electron chi connectivity index (χ4n) is 1.16. The molecule has 0 aliphatic rings. The van der Waals surface area contributed by atoms with E-state index in [0.717, 1.165) is 0 Å². The highest BCUT2D eigenvalue weighted by Crippen LogP contribution is 2.16. The van der Waals surface area contributed by atoms with Crippen LogP contribution in [-0.4, -0.2) is 28.8 Å². The number of rotatable bonds is 4. The minimum atomic E-state index is -0.559. The molecular weight excluding hydrogens is 198 g/mol. The Morgan fingerprint density at radius 1 is 1.57 bits per heavy atom. The van der Waals surface area contributed by atoms with Crippen LogP contribution in [0, 0.1) is 18.3 Å². The molecule has 0 aliphatic carbocycles. The molecular formula is C11H18ClNO. The summed E-state index contributed by atoms with van der Waals surface area (Å²) in [7, 11) is 0. The first-order chi connectivity index (χ1) is 6.35. The summed E-state index contributed by atoms with van der Waals surface area (Å²) in [6.45, 7) is 8.42. The highest BCUT2D eigenvalue weighted by atomic mass is 35.5. The van der Waals surface area contributed by atoms with Crippen molar-refractivity contribution in [3.63, 3.8) is 0 Å². The number of nitrogens with zero attached hydrogens (tertiary/aromatic N) is 1. The SMILES string of the molecule is C#CC(C)(C)N(CC(C)C)C(=O)CCl. The van der Waals surface area contributed by atoms with E-state index in [1.807, 2.05) is 27.7 Å². The third-order valence-corrected chi connectivity index (χ3v) is 2.22. The largest absolute Gasteiger partial charge is 0.325 e. The summed E-state index contributed by atoms with van der Waals surface area (Å²) in [5, 5.41) is 0. The number of alkyl halides is 1. The maximum Gasteiger partial charge on any atom is 0.238 e. The number of carbonyl (C=O) groups excluding carboxylic acids is 1. The third-order valence-electron chi connectivity index (χ3n) is 1.99. The highest BCUT2D eigenvalue weighted by Gasteiger charge is 2.28. The molecule has 0 N–H and O–H groups in total. The van der Waals surface area contributed by atoms with Crippen LogP contribution in [0.2, 0.25) is 0 Å². The zero-order valence-electron chi connectivity index (χ0n) is 9.30. The van der Waals surface area contributed by atoms with Crippen molar-refractivity contribution in [1.82, 2.24) is 4.90 Å². The van der Waals surface area contributed by atoms with Gasteiger partial charge in [-0.3, -0.25) is 4.79 Å². The average molecular weight is 216 g/mol. The van der Waals surface area contributed by atoms with Crippen molar-refractivity contribution >= 4 is 17.5 Å². The molecule has 2 nitrogen and oxygen atoms in total. The predicted octanol–water partition coefficient (Wildman–Crippen LogP) is 2.12. The van der Waals surface area contributed by atoms with Crippen LogP contribution in [-0.2, 0) is 4.79 Å². The van der Waals surface area contributed by atoms with Crippen molar-refractivity contribution in [2.24, 2.45) is 5.92 Å². The first-order valence-electron chi connectivity index (χ1n) is 4.69. The van der Waals surface area contributed by atoms with Gasteiger partial charge >= 0.3 is 0 Å². The second kappa shape index (κ2) is 5.26. The number of halogens is 1. The van der Waals surface area contributed by atoms with Crippen molar-refractivity contribution in [3.05, 3.63) is 0 Å². The summed E-state index contributed by atoms with van der Waals surface area (Å²) in [6.07, 6.45) is 5.39. The zero-order chi connectivity index (χ0) is 11.4. The van der Waals surface area contributed by atoms with Gasteiger partial charge in [0.25, 0.3) is 0 Å². The quantitative estimate of drug-likeness (QED) is 0.520. The Bertz CT molecular complexity index is 240. The van der Waals surface area contributed by atoms with Crippen molar-refractivity contribution in [1.29, 1.82) is 0 Å². The maximum atomic E-state index is 11.6. The number of terminal acetylenes is 1. The number of carbonyl (C=O) groups is 1. The molecule has 0 aromatic heterocycles. The summed E-state index contributed by atoms with van der Waals surface area (Å²) < 4.78 is 0. The van der Waals surface area contributed by atoms with Crippen LogP contribution >= 0.6 is 11.6 Å². The van der Waals surface area contributed by atoms with E-state index >= 15 is 0 Å². The molecule has 0 spiro atoms. The Balaban J connectivity index is 4.74. The molecule has 0 heterocycles. The summed E-state index contributed by atoms with van der Waals surface area (Å²) >= 11 is 5.53. The topological polar surface area (TPSA) is 20.3 Å².